The molecule has 0 rings (SSSR count). The first-order valence-corrected chi connectivity index (χ1v) is 7.04. The van der Waals surface area contributed by atoms with E-state index in [9.17, 15) is 0 Å². The van der Waals surface area contributed by atoms with Gasteiger partial charge in [-0.15, -0.1) is 0 Å². The number of likely N-dealkylation sites (N-methyl/N-ethyl adjacent to an activating group) is 1. The normalized spacial score (nSPS) is 13.9. The Bertz CT molecular complexity index is 169. The minimum absolute atomic E-state index is 0.656. The highest BCUT2D eigenvalue weighted by atomic mass is 15.2. The van der Waals surface area contributed by atoms with Crippen LogP contribution in [0.3, 0.4) is 0 Å². The second-order valence-corrected chi connectivity index (χ2v) is 5.65. The summed E-state index contributed by atoms with van der Waals surface area (Å²) in [6.07, 6.45) is 2.47. The predicted octanol–water partition coefficient (Wildman–Crippen LogP) is 1.89. The van der Waals surface area contributed by atoms with Crippen LogP contribution in [0, 0.1) is 5.92 Å². The van der Waals surface area contributed by atoms with Gasteiger partial charge in [0.25, 0.3) is 0 Å². The standard InChI is InChI=1S/C14H33N3/c1-7-9-15-12-14(13(2)3)17(6)11-8-10-16(4)5/h13-15H,7-12H2,1-6H3. The van der Waals surface area contributed by atoms with Crippen molar-refractivity contribution in [2.24, 2.45) is 5.92 Å². The van der Waals surface area contributed by atoms with Crippen molar-refractivity contribution < 1.29 is 0 Å². The summed E-state index contributed by atoms with van der Waals surface area (Å²) >= 11 is 0. The molecule has 0 bridgehead atoms. The summed E-state index contributed by atoms with van der Waals surface area (Å²) in [5, 5.41) is 3.54. The molecule has 0 fully saturated rings. The maximum Gasteiger partial charge on any atom is 0.0240 e. The molecule has 3 heteroatoms. The third-order valence-corrected chi connectivity index (χ3v) is 3.23. The molecule has 1 N–H and O–H groups in total. The Balaban J connectivity index is 3.92. The maximum absolute atomic E-state index is 3.54. The van der Waals surface area contributed by atoms with E-state index in [0.29, 0.717) is 12.0 Å². The van der Waals surface area contributed by atoms with Gasteiger partial charge in [0.15, 0.2) is 0 Å². The van der Waals surface area contributed by atoms with Crippen molar-refractivity contribution in [3.8, 4) is 0 Å². The predicted molar refractivity (Wildman–Crippen MR) is 77.6 cm³/mol. The Morgan fingerprint density at radius 1 is 1.06 bits per heavy atom. The lowest BCUT2D eigenvalue weighted by molar-refractivity contribution is 0.180. The highest BCUT2D eigenvalue weighted by molar-refractivity contribution is 4.75. The zero-order valence-electron chi connectivity index (χ0n) is 12.8. The van der Waals surface area contributed by atoms with Crippen LogP contribution in [0.15, 0.2) is 0 Å². The van der Waals surface area contributed by atoms with Crippen molar-refractivity contribution in [1.82, 2.24) is 15.1 Å². The van der Waals surface area contributed by atoms with E-state index in [1.165, 1.54) is 25.9 Å². The van der Waals surface area contributed by atoms with Crippen LogP contribution < -0.4 is 5.32 Å². The second-order valence-electron chi connectivity index (χ2n) is 5.65. The van der Waals surface area contributed by atoms with Gasteiger partial charge in [-0.2, -0.15) is 0 Å². The summed E-state index contributed by atoms with van der Waals surface area (Å²) < 4.78 is 0. The lowest BCUT2D eigenvalue weighted by Crippen LogP contribution is -2.44. The molecular weight excluding hydrogens is 210 g/mol. The third-order valence-electron chi connectivity index (χ3n) is 3.23. The van der Waals surface area contributed by atoms with Gasteiger partial charge < -0.3 is 15.1 Å². The van der Waals surface area contributed by atoms with Crippen molar-refractivity contribution in [3.63, 3.8) is 0 Å². The fourth-order valence-electron chi connectivity index (χ4n) is 2.13. The van der Waals surface area contributed by atoms with Crippen LogP contribution in [0.25, 0.3) is 0 Å². The van der Waals surface area contributed by atoms with Gasteiger partial charge in [0.1, 0.15) is 0 Å². The van der Waals surface area contributed by atoms with Gasteiger partial charge >= 0.3 is 0 Å². The van der Waals surface area contributed by atoms with E-state index < -0.39 is 0 Å². The molecule has 0 aromatic heterocycles. The summed E-state index contributed by atoms with van der Waals surface area (Å²) in [6.45, 7) is 11.5. The molecule has 0 aliphatic carbocycles. The fourth-order valence-corrected chi connectivity index (χ4v) is 2.13. The molecule has 0 aromatic rings. The Hall–Kier alpha value is -0.120. The van der Waals surface area contributed by atoms with E-state index in [2.05, 4.69) is 57.0 Å². The van der Waals surface area contributed by atoms with Crippen molar-refractivity contribution in [2.45, 2.75) is 39.7 Å². The van der Waals surface area contributed by atoms with Gasteiger partial charge in [0.05, 0.1) is 0 Å². The number of hydrogen-bond acceptors (Lipinski definition) is 3. The van der Waals surface area contributed by atoms with Crippen LogP contribution in [0.4, 0.5) is 0 Å². The Kier molecular flexibility index (Phi) is 9.79. The molecule has 0 aliphatic rings. The third kappa shape index (κ3) is 8.58. The van der Waals surface area contributed by atoms with Crippen LogP contribution >= 0.6 is 0 Å². The van der Waals surface area contributed by atoms with Crippen molar-refractivity contribution >= 4 is 0 Å². The molecule has 0 saturated heterocycles. The van der Waals surface area contributed by atoms with Gasteiger partial charge in [-0.25, -0.2) is 0 Å². The Labute approximate surface area is 109 Å². The van der Waals surface area contributed by atoms with Crippen molar-refractivity contribution in [1.29, 1.82) is 0 Å². The molecule has 0 aliphatic heterocycles. The molecule has 0 spiro atoms. The average Bonchev–Trinajstić information content (AvgIpc) is 2.23. The number of hydrogen-bond donors (Lipinski definition) is 1. The number of rotatable bonds is 10. The maximum atomic E-state index is 3.54. The van der Waals surface area contributed by atoms with Gasteiger partial charge in [-0.05, 0) is 59.5 Å². The quantitative estimate of drug-likeness (QED) is 0.591. The summed E-state index contributed by atoms with van der Waals surface area (Å²) in [7, 11) is 6.54. The summed E-state index contributed by atoms with van der Waals surface area (Å²) in [6, 6.07) is 0.656. The zero-order valence-corrected chi connectivity index (χ0v) is 12.8. The van der Waals surface area contributed by atoms with E-state index in [4.69, 9.17) is 0 Å². The van der Waals surface area contributed by atoms with Crippen molar-refractivity contribution in [2.75, 3.05) is 47.3 Å². The van der Waals surface area contributed by atoms with Crippen molar-refractivity contribution in [3.05, 3.63) is 0 Å². The van der Waals surface area contributed by atoms with E-state index in [1.807, 2.05) is 0 Å². The number of nitrogens with zero attached hydrogens (tertiary/aromatic N) is 2. The molecule has 3 nitrogen and oxygen atoms in total. The minimum Gasteiger partial charge on any atom is -0.315 e. The fraction of sp³-hybridized carbons (Fsp3) is 1.00. The first-order chi connectivity index (χ1) is 7.99. The van der Waals surface area contributed by atoms with Gasteiger partial charge in [-0.3, -0.25) is 0 Å². The van der Waals surface area contributed by atoms with E-state index in [0.717, 1.165) is 13.1 Å². The molecule has 1 atom stereocenters. The zero-order chi connectivity index (χ0) is 13.3. The van der Waals surface area contributed by atoms with Gasteiger partial charge in [0, 0.05) is 12.6 Å². The van der Waals surface area contributed by atoms with E-state index in [-0.39, 0.29) is 0 Å². The molecule has 1 unspecified atom stereocenters. The van der Waals surface area contributed by atoms with Gasteiger partial charge in [0.2, 0.25) is 0 Å². The SMILES string of the molecule is CCCNCC(C(C)C)N(C)CCCN(C)C. The summed E-state index contributed by atoms with van der Waals surface area (Å²) in [4.78, 5) is 4.77. The Morgan fingerprint density at radius 2 is 1.71 bits per heavy atom. The summed E-state index contributed by atoms with van der Waals surface area (Å²) in [5.41, 5.74) is 0. The minimum atomic E-state index is 0.656. The Morgan fingerprint density at radius 3 is 2.18 bits per heavy atom. The molecule has 17 heavy (non-hydrogen) atoms. The largest absolute Gasteiger partial charge is 0.315 e. The lowest BCUT2D eigenvalue weighted by Gasteiger charge is -2.32. The van der Waals surface area contributed by atoms with Crippen LogP contribution in [0.1, 0.15) is 33.6 Å². The highest BCUT2D eigenvalue weighted by Gasteiger charge is 2.17. The molecule has 0 heterocycles. The topological polar surface area (TPSA) is 18.5 Å². The smallest absolute Gasteiger partial charge is 0.0240 e. The average molecular weight is 243 g/mol. The van der Waals surface area contributed by atoms with Gasteiger partial charge in [-0.1, -0.05) is 20.8 Å². The van der Waals surface area contributed by atoms with Crippen LogP contribution in [0.2, 0.25) is 0 Å². The second kappa shape index (κ2) is 9.86. The monoisotopic (exact) mass is 243 g/mol. The molecule has 0 amide bonds. The van der Waals surface area contributed by atoms with Crippen LogP contribution in [0.5, 0.6) is 0 Å². The van der Waals surface area contributed by atoms with Crippen LogP contribution in [-0.2, 0) is 0 Å². The van der Waals surface area contributed by atoms with E-state index in [1.54, 1.807) is 0 Å². The molecule has 0 radical (unpaired) electrons. The molecular formula is C14H33N3. The molecule has 104 valence electrons. The first-order valence-electron chi connectivity index (χ1n) is 7.04. The lowest BCUT2D eigenvalue weighted by atomic mass is 10.0. The summed E-state index contributed by atoms with van der Waals surface area (Å²) in [5.74, 6) is 0.712. The highest BCUT2D eigenvalue weighted by Crippen LogP contribution is 2.08. The van der Waals surface area contributed by atoms with E-state index >= 15 is 0 Å². The molecule has 0 aromatic carbocycles. The number of nitrogens with one attached hydrogen (secondary N) is 1. The van der Waals surface area contributed by atoms with Crippen LogP contribution in [-0.4, -0.2) is 63.2 Å². The molecule has 0 saturated carbocycles. The first kappa shape index (κ1) is 16.9.